The average Bonchev–Trinajstić information content (AvgIpc) is 2.98. The molecule has 0 aliphatic heterocycles. The van der Waals surface area contributed by atoms with E-state index in [1.165, 1.54) is 6.42 Å². The van der Waals surface area contributed by atoms with Gasteiger partial charge in [0.15, 0.2) is 0 Å². The summed E-state index contributed by atoms with van der Waals surface area (Å²) in [5, 5.41) is 0. The van der Waals surface area contributed by atoms with E-state index < -0.39 is 9.15 Å². The first-order valence-electron chi connectivity index (χ1n) is 10.9. The number of ketones is 1. The van der Waals surface area contributed by atoms with Crippen molar-refractivity contribution in [3.8, 4) is 0 Å². The lowest BCUT2D eigenvalue weighted by atomic mass is 9.50. The maximum atomic E-state index is 13.1. The molecule has 162 valence electrons. The van der Waals surface area contributed by atoms with Crippen LogP contribution in [-0.4, -0.2) is 31.2 Å². The highest BCUT2D eigenvalue weighted by atomic mass is 33.1. The van der Waals surface area contributed by atoms with Crippen LogP contribution in [-0.2, 0) is 13.9 Å². The maximum absolute atomic E-state index is 13.1. The molecular formula is C21H35FO4S2. The molecule has 0 saturated heterocycles. The molecule has 3 aliphatic carbocycles. The highest BCUT2D eigenvalue weighted by Crippen LogP contribution is 2.63. The fraction of sp³-hybridized carbons (Fsp3) is 0.952. The second-order valence-electron chi connectivity index (χ2n) is 9.53. The molecule has 0 amide bonds. The van der Waals surface area contributed by atoms with Crippen molar-refractivity contribution in [2.24, 2.45) is 40.9 Å². The SMILES string of the molecule is CCCC1C(CCF)CCC2C1CCC1(C)C(C(=O)CSS(=O)(=O)O)CCC21. The van der Waals surface area contributed by atoms with Gasteiger partial charge in [-0.1, -0.05) is 26.7 Å². The van der Waals surface area contributed by atoms with Crippen molar-refractivity contribution < 1.29 is 22.2 Å². The molecule has 3 rings (SSSR count). The van der Waals surface area contributed by atoms with E-state index in [1.54, 1.807) is 0 Å². The minimum atomic E-state index is -4.18. The Bertz CT molecular complexity index is 667. The summed E-state index contributed by atoms with van der Waals surface area (Å²) in [6, 6.07) is 0. The van der Waals surface area contributed by atoms with Crippen molar-refractivity contribution in [1.82, 2.24) is 0 Å². The zero-order valence-electron chi connectivity index (χ0n) is 17.1. The zero-order valence-corrected chi connectivity index (χ0v) is 18.7. The molecule has 3 aliphatic rings. The smallest absolute Gasteiger partial charge is 0.298 e. The van der Waals surface area contributed by atoms with Crippen LogP contribution < -0.4 is 0 Å². The van der Waals surface area contributed by atoms with E-state index in [0.29, 0.717) is 46.8 Å². The van der Waals surface area contributed by atoms with Crippen molar-refractivity contribution in [2.45, 2.75) is 71.6 Å². The van der Waals surface area contributed by atoms with Crippen LogP contribution in [0.3, 0.4) is 0 Å². The normalized spacial score (nSPS) is 40.7. The van der Waals surface area contributed by atoms with Gasteiger partial charge in [-0.2, -0.15) is 8.42 Å². The van der Waals surface area contributed by atoms with E-state index in [1.807, 2.05) is 0 Å². The van der Waals surface area contributed by atoms with Gasteiger partial charge in [-0.3, -0.25) is 13.7 Å². The Morgan fingerprint density at radius 1 is 1.14 bits per heavy atom. The van der Waals surface area contributed by atoms with E-state index in [0.717, 1.165) is 44.9 Å². The molecule has 0 aromatic rings. The topological polar surface area (TPSA) is 71.4 Å². The van der Waals surface area contributed by atoms with Gasteiger partial charge in [0.1, 0.15) is 5.78 Å². The molecule has 3 saturated carbocycles. The Balaban J connectivity index is 1.74. The van der Waals surface area contributed by atoms with E-state index in [2.05, 4.69) is 13.8 Å². The van der Waals surface area contributed by atoms with E-state index in [4.69, 9.17) is 4.55 Å². The van der Waals surface area contributed by atoms with Gasteiger partial charge < -0.3 is 0 Å². The fourth-order valence-electron chi connectivity index (χ4n) is 7.28. The number of Topliss-reactive ketones (excluding diaryl/α,β-unsaturated/α-hetero) is 1. The second-order valence-corrected chi connectivity index (χ2v) is 12.9. The number of fused-ring (bicyclic) bond motifs is 3. The number of hydrogen-bond acceptors (Lipinski definition) is 4. The highest BCUT2D eigenvalue weighted by Gasteiger charge is 2.57. The molecular weight excluding hydrogens is 399 g/mol. The lowest BCUT2D eigenvalue weighted by Gasteiger charge is -2.54. The van der Waals surface area contributed by atoms with Gasteiger partial charge in [-0.15, -0.1) is 0 Å². The monoisotopic (exact) mass is 434 g/mol. The number of halogens is 1. The number of alkyl halides is 1. The summed E-state index contributed by atoms with van der Waals surface area (Å²) in [7, 11) is -3.83. The maximum Gasteiger partial charge on any atom is 0.320 e. The first kappa shape index (κ1) is 22.5. The van der Waals surface area contributed by atoms with Crippen molar-refractivity contribution in [3.63, 3.8) is 0 Å². The van der Waals surface area contributed by atoms with Crippen LogP contribution in [0.5, 0.6) is 0 Å². The molecule has 0 bridgehead atoms. The third kappa shape index (κ3) is 4.46. The molecule has 0 heterocycles. The summed E-state index contributed by atoms with van der Waals surface area (Å²) in [4.78, 5) is 12.8. The molecule has 7 heteroatoms. The predicted octanol–water partition coefficient (Wildman–Crippen LogP) is 5.34. The molecule has 0 aromatic carbocycles. The zero-order chi connectivity index (χ0) is 20.5. The lowest BCUT2D eigenvalue weighted by Crippen LogP contribution is -2.48. The van der Waals surface area contributed by atoms with Gasteiger partial charge in [0.25, 0.3) is 0 Å². The van der Waals surface area contributed by atoms with Crippen LogP contribution in [0.1, 0.15) is 71.6 Å². The Morgan fingerprint density at radius 2 is 1.89 bits per heavy atom. The minimum absolute atomic E-state index is 0.0256. The summed E-state index contributed by atoms with van der Waals surface area (Å²) in [5.74, 6) is 2.65. The van der Waals surface area contributed by atoms with Crippen molar-refractivity contribution in [3.05, 3.63) is 0 Å². The molecule has 4 nitrogen and oxygen atoms in total. The number of carbonyl (C=O) groups excluding carboxylic acids is 1. The van der Waals surface area contributed by atoms with Crippen LogP contribution in [0, 0.1) is 40.9 Å². The Morgan fingerprint density at radius 3 is 2.54 bits per heavy atom. The Labute approximate surface area is 172 Å². The Kier molecular flexibility index (Phi) is 7.19. The fourth-order valence-corrected chi connectivity index (χ4v) is 8.54. The average molecular weight is 435 g/mol. The molecule has 0 aromatic heterocycles. The van der Waals surface area contributed by atoms with Crippen LogP contribution in [0.4, 0.5) is 4.39 Å². The van der Waals surface area contributed by atoms with Crippen molar-refractivity contribution >= 4 is 25.7 Å². The largest absolute Gasteiger partial charge is 0.320 e. The first-order chi connectivity index (χ1) is 13.2. The van der Waals surface area contributed by atoms with E-state index in [-0.39, 0.29) is 29.5 Å². The summed E-state index contributed by atoms with van der Waals surface area (Å²) in [5.41, 5.74) is -0.0539. The van der Waals surface area contributed by atoms with Crippen LogP contribution in [0.15, 0.2) is 0 Å². The summed E-state index contributed by atoms with van der Waals surface area (Å²) in [6.07, 6.45) is 9.28. The van der Waals surface area contributed by atoms with Gasteiger partial charge >= 0.3 is 9.15 Å². The standard InChI is InChI=1S/C21H35FO4S2/c1-3-4-15-14(10-12-22)5-6-17-16(15)9-11-21(2)18(17)7-8-19(21)20(23)13-27-28(24,25)26/h14-19H,3-13H2,1-2H3,(H,24,25,26). The van der Waals surface area contributed by atoms with E-state index in [9.17, 15) is 17.6 Å². The van der Waals surface area contributed by atoms with Crippen molar-refractivity contribution in [2.75, 3.05) is 12.4 Å². The van der Waals surface area contributed by atoms with Gasteiger partial charge in [0.05, 0.1) is 12.4 Å². The minimum Gasteiger partial charge on any atom is -0.298 e. The molecule has 28 heavy (non-hydrogen) atoms. The molecule has 7 unspecified atom stereocenters. The quantitative estimate of drug-likeness (QED) is 0.413. The molecule has 0 radical (unpaired) electrons. The number of rotatable bonds is 8. The summed E-state index contributed by atoms with van der Waals surface area (Å²) < 4.78 is 44.1. The van der Waals surface area contributed by atoms with Crippen molar-refractivity contribution in [1.29, 1.82) is 0 Å². The van der Waals surface area contributed by atoms with Gasteiger partial charge in [0.2, 0.25) is 0 Å². The molecule has 3 fully saturated rings. The number of hydrogen-bond donors (Lipinski definition) is 1. The van der Waals surface area contributed by atoms with E-state index >= 15 is 0 Å². The van der Waals surface area contributed by atoms with Crippen LogP contribution in [0.2, 0.25) is 0 Å². The Hall–Kier alpha value is -0.140. The van der Waals surface area contributed by atoms with Gasteiger partial charge in [-0.25, -0.2) is 0 Å². The highest BCUT2D eigenvalue weighted by molar-refractivity contribution is 8.70. The lowest BCUT2D eigenvalue weighted by molar-refractivity contribution is -0.127. The predicted molar refractivity (Wildman–Crippen MR) is 111 cm³/mol. The third-order valence-corrected chi connectivity index (χ3v) is 10.3. The van der Waals surface area contributed by atoms with Gasteiger partial charge in [-0.05, 0) is 80.0 Å². The second kappa shape index (κ2) is 8.93. The summed E-state index contributed by atoms with van der Waals surface area (Å²) in [6.45, 7) is 4.25. The van der Waals surface area contributed by atoms with Crippen LogP contribution in [0.25, 0.3) is 0 Å². The third-order valence-electron chi connectivity index (χ3n) is 8.36. The first-order valence-corrected chi connectivity index (χ1v) is 13.9. The summed E-state index contributed by atoms with van der Waals surface area (Å²) >= 11 is 0. The molecule has 0 spiro atoms. The van der Waals surface area contributed by atoms with Crippen LogP contribution >= 0.6 is 10.8 Å². The molecule has 1 N–H and O–H groups in total. The number of carbonyl (C=O) groups is 1. The van der Waals surface area contributed by atoms with Gasteiger partial charge in [0, 0.05) is 16.7 Å². The molecule has 7 atom stereocenters.